The van der Waals surface area contributed by atoms with Gasteiger partial charge in [0.05, 0.1) is 11.1 Å². The quantitative estimate of drug-likeness (QED) is 0.350. The summed E-state index contributed by atoms with van der Waals surface area (Å²) in [5.41, 5.74) is 0.267. The number of carbonyl (C=O) groups excluding carboxylic acids is 3. The van der Waals surface area contributed by atoms with Crippen molar-refractivity contribution in [2.45, 2.75) is 12.2 Å². The molecule has 0 saturated carbocycles. The van der Waals surface area contributed by atoms with Crippen molar-refractivity contribution in [3.63, 3.8) is 0 Å². The number of halogens is 3. The molecule has 180 valence electrons. The number of ether oxygens (including phenoxy) is 2. The Bertz CT molecular complexity index is 1250. The molecule has 8 nitrogen and oxygen atoms in total. The van der Waals surface area contributed by atoms with Gasteiger partial charge < -0.3 is 19.9 Å². The number of carbonyl (C=O) groups is 4. The molecule has 0 aliphatic rings. The Balaban J connectivity index is 1.90. The van der Waals surface area contributed by atoms with Gasteiger partial charge in [0.15, 0.2) is 0 Å². The highest BCUT2D eigenvalue weighted by atomic mass is 79.9. The molecule has 0 bridgehead atoms. The summed E-state index contributed by atoms with van der Waals surface area (Å²) in [5, 5.41) is 12.9. The van der Waals surface area contributed by atoms with Crippen LogP contribution in [-0.2, 0) is 19.1 Å². The molecule has 0 aromatic heterocycles. The molecule has 0 aliphatic heterocycles. The largest absolute Gasteiger partial charge is 0.478 e. The van der Waals surface area contributed by atoms with Gasteiger partial charge in [-0.2, -0.15) is 0 Å². The molecule has 0 spiro atoms. The number of carboxylic acid groups (broad SMARTS) is 1. The molecule has 2 atom stereocenters. The summed E-state index contributed by atoms with van der Waals surface area (Å²) in [6.45, 7) is 0. The molecule has 1 amide bonds. The lowest BCUT2D eigenvalue weighted by atomic mass is 10.1. The third-order valence-corrected chi connectivity index (χ3v) is 5.49. The van der Waals surface area contributed by atoms with Crippen molar-refractivity contribution in [1.82, 2.24) is 0 Å². The Morgan fingerprint density at radius 1 is 0.771 bits per heavy atom. The summed E-state index contributed by atoms with van der Waals surface area (Å²) >= 11 is 14.9. The number of nitrogens with one attached hydrogen (secondary N) is 1. The number of esters is 2. The van der Waals surface area contributed by atoms with Crippen LogP contribution in [0.1, 0.15) is 20.7 Å². The molecule has 0 unspecified atom stereocenters. The highest BCUT2D eigenvalue weighted by Crippen LogP contribution is 2.20. The van der Waals surface area contributed by atoms with Gasteiger partial charge in [-0.05, 0) is 66.7 Å². The molecule has 3 aromatic carbocycles. The average molecular weight is 581 g/mol. The normalized spacial score (nSPS) is 12.2. The number of hydrogen-bond donors (Lipinski definition) is 2. The summed E-state index contributed by atoms with van der Waals surface area (Å²) in [7, 11) is 0. The van der Waals surface area contributed by atoms with E-state index < -0.39 is 36.0 Å². The van der Waals surface area contributed by atoms with E-state index in [1.165, 1.54) is 54.6 Å². The second-order valence-electron chi connectivity index (χ2n) is 7.00. The van der Waals surface area contributed by atoms with Crippen LogP contribution in [0.15, 0.2) is 77.3 Å². The van der Waals surface area contributed by atoms with Gasteiger partial charge in [-0.25, -0.2) is 14.4 Å². The maximum atomic E-state index is 13.1. The molecule has 0 aliphatic carbocycles. The van der Waals surface area contributed by atoms with Crippen molar-refractivity contribution >= 4 is 68.6 Å². The number of aliphatic carboxylic acids is 1. The molecule has 2 N–H and O–H groups in total. The molecule has 0 fully saturated rings. The first kappa shape index (κ1) is 26.2. The van der Waals surface area contributed by atoms with Gasteiger partial charge in [0.2, 0.25) is 12.2 Å². The molecule has 3 aromatic rings. The predicted octanol–water partition coefficient (Wildman–Crippen LogP) is 5.23. The zero-order chi connectivity index (χ0) is 25.5. The number of amides is 1. The third-order valence-electron chi connectivity index (χ3n) is 4.50. The summed E-state index contributed by atoms with van der Waals surface area (Å²) < 4.78 is 11.0. The molecule has 0 saturated heterocycles. The first-order valence-corrected chi connectivity index (χ1v) is 11.4. The monoisotopic (exact) mass is 579 g/mol. The highest BCUT2D eigenvalue weighted by Gasteiger charge is 2.41. The number of anilines is 1. The van der Waals surface area contributed by atoms with Gasteiger partial charge >= 0.3 is 17.9 Å². The number of hydrogen-bond acceptors (Lipinski definition) is 6. The van der Waals surface area contributed by atoms with Crippen molar-refractivity contribution in [2.75, 3.05) is 5.32 Å². The van der Waals surface area contributed by atoms with Gasteiger partial charge in [-0.3, -0.25) is 4.79 Å². The van der Waals surface area contributed by atoms with Crippen LogP contribution >= 0.6 is 39.1 Å². The minimum absolute atomic E-state index is 0.00261. The Morgan fingerprint density at radius 3 is 1.71 bits per heavy atom. The molecule has 11 heteroatoms. The van der Waals surface area contributed by atoms with Crippen LogP contribution in [0.25, 0.3) is 0 Å². The summed E-state index contributed by atoms with van der Waals surface area (Å²) in [6.07, 6.45) is -4.20. The maximum absolute atomic E-state index is 13.1. The molecule has 35 heavy (non-hydrogen) atoms. The zero-order valence-electron chi connectivity index (χ0n) is 17.6. The van der Waals surface area contributed by atoms with Gasteiger partial charge in [-0.1, -0.05) is 45.2 Å². The molecular weight excluding hydrogens is 565 g/mol. The van der Waals surface area contributed by atoms with Crippen LogP contribution < -0.4 is 5.32 Å². The van der Waals surface area contributed by atoms with Crippen molar-refractivity contribution in [2.24, 2.45) is 0 Å². The fourth-order valence-corrected chi connectivity index (χ4v) is 3.46. The standard InChI is InChI=1S/C24H16BrCl2NO7/c25-15-2-1-3-18(12-15)28-21(29)19(34-23(32)13-4-8-16(26)9-5-13)20(22(30)31)35-24(33)14-6-10-17(27)11-7-14/h1-12,19-20H,(H,28,29)(H,30,31)/t19-,20-/m0/s1. The van der Waals surface area contributed by atoms with Crippen LogP contribution in [0.4, 0.5) is 5.69 Å². The Hall–Kier alpha value is -3.40. The second kappa shape index (κ2) is 11.8. The summed E-state index contributed by atoms with van der Waals surface area (Å²) in [4.78, 5) is 50.4. The fourth-order valence-electron chi connectivity index (χ4n) is 2.81. The third kappa shape index (κ3) is 7.29. The molecular formula is C24H16BrCl2NO7. The highest BCUT2D eigenvalue weighted by molar-refractivity contribution is 9.10. The van der Waals surface area contributed by atoms with Crippen LogP contribution in [0.3, 0.4) is 0 Å². The summed E-state index contributed by atoms with van der Waals surface area (Å²) in [5.74, 6) is -4.81. The van der Waals surface area contributed by atoms with Crippen molar-refractivity contribution in [1.29, 1.82) is 0 Å². The van der Waals surface area contributed by atoms with E-state index >= 15 is 0 Å². The van der Waals surface area contributed by atoms with Crippen molar-refractivity contribution in [3.8, 4) is 0 Å². The Morgan fingerprint density at radius 2 is 1.26 bits per heavy atom. The number of rotatable bonds is 8. The molecule has 0 radical (unpaired) electrons. The van der Waals surface area contributed by atoms with E-state index in [1.807, 2.05) is 0 Å². The predicted molar refractivity (Wildman–Crippen MR) is 132 cm³/mol. The van der Waals surface area contributed by atoms with E-state index in [0.717, 1.165) is 0 Å². The first-order chi connectivity index (χ1) is 16.6. The van der Waals surface area contributed by atoms with E-state index in [-0.39, 0.29) is 16.8 Å². The Kier molecular flexibility index (Phi) is 8.86. The van der Waals surface area contributed by atoms with Gasteiger partial charge in [0.25, 0.3) is 5.91 Å². The van der Waals surface area contributed by atoms with Crippen LogP contribution in [0.2, 0.25) is 10.0 Å². The van der Waals surface area contributed by atoms with Crippen molar-refractivity contribution < 1.29 is 33.8 Å². The summed E-state index contributed by atoms with van der Waals surface area (Å²) in [6, 6.07) is 17.4. The minimum Gasteiger partial charge on any atom is -0.478 e. The topological polar surface area (TPSA) is 119 Å². The zero-order valence-corrected chi connectivity index (χ0v) is 20.7. The van der Waals surface area contributed by atoms with Crippen LogP contribution in [-0.4, -0.2) is 41.1 Å². The maximum Gasteiger partial charge on any atom is 0.349 e. The van der Waals surface area contributed by atoms with Crippen LogP contribution in [0, 0.1) is 0 Å². The second-order valence-corrected chi connectivity index (χ2v) is 8.79. The molecule has 0 heterocycles. The van der Waals surface area contributed by atoms with E-state index in [1.54, 1.807) is 18.2 Å². The Labute approximate surface area is 217 Å². The number of carboxylic acids is 1. The average Bonchev–Trinajstić information content (AvgIpc) is 2.81. The van der Waals surface area contributed by atoms with Crippen molar-refractivity contribution in [3.05, 3.63) is 98.4 Å². The molecule has 3 rings (SSSR count). The van der Waals surface area contributed by atoms with E-state index in [4.69, 9.17) is 32.7 Å². The lowest BCUT2D eigenvalue weighted by Gasteiger charge is -2.23. The smallest absolute Gasteiger partial charge is 0.349 e. The minimum atomic E-state index is -2.17. The number of benzene rings is 3. The SMILES string of the molecule is O=C(O[C@H](C(=O)O)[C@H](OC(=O)c1ccc(Cl)cc1)C(=O)Nc1cccc(Br)c1)c1ccc(Cl)cc1. The van der Waals surface area contributed by atoms with Gasteiger partial charge in [0, 0.05) is 20.2 Å². The van der Waals surface area contributed by atoms with E-state index in [9.17, 15) is 24.3 Å². The van der Waals surface area contributed by atoms with E-state index in [0.29, 0.717) is 14.5 Å². The lowest BCUT2D eigenvalue weighted by molar-refractivity contribution is -0.157. The first-order valence-electron chi connectivity index (χ1n) is 9.86. The van der Waals surface area contributed by atoms with Crippen LogP contribution in [0.5, 0.6) is 0 Å². The van der Waals surface area contributed by atoms with E-state index in [2.05, 4.69) is 21.2 Å². The van der Waals surface area contributed by atoms with Gasteiger partial charge in [-0.15, -0.1) is 0 Å². The van der Waals surface area contributed by atoms with Gasteiger partial charge in [0.1, 0.15) is 0 Å². The lowest BCUT2D eigenvalue weighted by Crippen LogP contribution is -2.48. The fraction of sp³-hybridized carbons (Fsp3) is 0.0833.